The summed E-state index contributed by atoms with van der Waals surface area (Å²) < 4.78 is 27.4. The number of carbonyl (C=O) groups is 2. The summed E-state index contributed by atoms with van der Waals surface area (Å²) >= 11 is 0. The van der Waals surface area contributed by atoms with Crippen LogP contribution in [-0.4, -0.2) is 43.9 Å². The average Bonchev–Trinajstić information content (AvgIpc) is 3.49. The highest BCUT2D eigenvalue weighted by Crippen LogP contribution is 2.46. The Kier molecular flexibility index (Phi) is 6.59. The summed E-state index contributed by atoms with van der Waals surface area (Å²) in [6, 6.07) is 16.0. The Morgan fingerprint density at radius 1 is 0.921 bits per heavy atom. The molecule has 0 radical (unpaired) electrons. The number of rotatable bonds is 7. The summed E-state index contributed by atoms with van der Waals surface area (Å²) in [4.78, 5) is 28.3. The number of carbonyl (C=O) groups excluding carboxylic acids is 2. The van der Waals surface area contributed by atoms with E-state index in [2.05, 4.69) is 0 Å². The van der Waals surface area contributed by atoms with Crippen LogP contribution in [0.25, 0.3) is 5.76 Å². The Morgan fingerprint density at radius 2 is 1.63 bits per heavy atom. The van der Waals surface area contributed by atoms with Crippen LogP contribution in [0, 0.1) is 0 Å². The number of aliphatic hydroxyl groups excluding tert-OH is 1. The van der Waals surface area contributed by atoms with Gasteiger partial charge in [-0.15, -0.1) is 0 Å². The molecule has 3 aromatic carbocycles. The first kappa shape index (κ1) is 25.0. The molecule has 3 aromatic rings. The van der Waals surface area contributed by atoms with Crippen molar-refractivity contribution < 1.29 is 38.4 Å². The molecule has 9 heteroatoms. The molecule has 38 heavy (non-hydrogen) atoms. The number of nitrogens with zero attached hydrogens (tertiary/aromatic N) is 1. The van der Waals surface area contributed by atoms with Crippen molar-refractivity contribution in [3.8, 4) is 28.7 Å². The van der Waals surface area contributed by atoms with Crippen molar-refractivity contribution in [2.45, 2.75) is 26.0 Å². The van der Waals surface area contributed by atoms with Crippen LogP contribution in [-0.2, 0) is 9.59 Å². The number of ether oxygens (including phenoxy) is 5. The monoisotopic (exact) mass is 517 g/mol. The zero-order valence-electron chi connectivity index (χ0n) is 21.4. The second-order valence-electron chi connectivity index (χ2n) is 9.01. The summed E-state index contributed by atoms with van der Waals surface area (Å²) in [5, 5.41) is 11.5. The van der Waals surface area contributed by atoms with Crippen molar-refractivity contribution >= 4 is 23.1 Å². The highest BCUT2D eigenvalue weighted by Gasteiger charge is 2.47. The lowest BCUT2D eigenvalue weighted by molar-refractivity contribution is -0.132. The Labute approximate surface area is 219 Å². The van der Waals surface area contributed by atoms with Gasteiger partial charge in [0.1, 0.15) is 23.0 Å². The van der Waals surface area contributed by atoms with Gasteiger partial charge in [0.2, 0.25) is 6.79 Å². The van der Waals surface area contributed by atoms with Crippen molar-refractivity contribution in [3.05, 3.63) is 77.4 Å². The van der Waals surface area contributed by atoms with Crippen molar-refractivity contribution in [2.24, 2.45) is 0 Å². The van der Waals surface area contributed by atoms with Gasteiger partial charge in [-0.25, -0.2) is 0 Å². The van der Waals surface area contributed by atoms with E-state index in [0.29, 0.717) is 34.2 Å². The molecule has 0 saturated carbocycles. The van der Waals surface area contributed by atoms with Gasteiger partial charge in [0, 0.05) is 17.8 Å². The van der Waals surface area contributed by atoms with Gasteiger partial charge in [-0.1, -0.05) is 12.1 Å². The third kappa shape index (κ3) is 4.36. The van der Waals surface area contributed by atoms with Crippen LogP contribution in [0.2, 0.25) is 0 Å². The molecule has 1 fully saturated rings. The van der Waals surface area contributed by atoms with Gasteiger partial charge in [-0.05, 0) is 55.8 Å². The van der Waals surface area contributed by atoms with Gasteiger partial charge in [-0.3, -0.25) is 14.5 Å². The van der Waals surface area contributed by atoms with Crippen LogP contribution in [0.5, 0.6) is 28.7 Å². The summed E-state index contributed by atoms with van der Waals surface area (Å²) in [7, 11) is 2.96. The molecule has 2 aliphatic rings. The Morgan fingerprint density at radius 3 is 2.32 bits per heavy atom. The van der Waals surface area contributed by atoms with Crippen molar-refractivity contribution in [1.29, 1.82) is 0 Å². The van der Waals surface area contributed by atoms with E-state index in [4.69, 9.17) is 23.7 Å². The number of amides is 1. The second-order valence-corrected chi connectivity index (χ2v) is 9.01. The van der Waals surface area contributed by atoms with Crippen LogP contribution in [0.3, 0.4) is 0 Å². The number of Topliss-reactive ketones (excluding diaryl/α,β-unsaturated/α-hetero) is 1. The predicted octanol–water partition coefficient (Wildman–Crippen LogP) is 4.85. The Balaban J connectivity index is 1.68. The molecule has 0 bridgehead atoms. The van der Waals surface area contributed by atoms with E-state index in [1.807, 2.05) is 13.8 Å². The first-order chi connectivity index (χ1) is 18.3. The van der Waals surface area contributed by atoms with E-state index < -0.39 is 17.7 Å². The van der Waals surface area contributed by atoms with E-state index >= 15 is 0 Å². The fourth-order valence-corrected chi connectivity index (χ4v) is 4.59. The quantitative estimate of drug-likeness (QED) is 0.270. The second kappa shape index (κ2) is 10.0. The number of hydrogen-bond donors (Lipinski definition) is 1. The Hall–Kier alpha value is -4.66. The molecule has 0 spiro atoms. The molecular weight excluding hydrogens is 490 g/mol. The smallest absolute Gasteiger partial charge is 0.300 e. The predicted molar refractivity (Wildman–Crippen MR) is 139 cm³/mol. The lowest BCUT2D eigenvalue weighted by atomic mass is 9.94. The van der Waals surface area contributed by atoms with Gasteiger partial charge in [0.25, 0.3) is 11.7 Å². The third-order valence-electron chi connectivity index (χ3n) is 6.31. The molecule has 196 valence electrons. The molecule has 0 aromatic heterocycles. The van der Waals surface area contributed by atoms with Crippen LogP contribution in [0.15, 0.2) is 66.2 Å². The fourth-order valence-electron chi connectivity index (χ4n) is 4.59. The van der Waals surface area contributed by atoms with Crippen molar-refractivity contribution in [2.75, 3.05) is 25.9 Å². The lowest BCUT2D eigenvalue weighted by Crippen LogP contribution is -2.29. The van der Waals surface area contributed by atoms with Gasteiger partial charge < -0.3 is 28.8 Å². The number of methoxy groups -OCH3 is 2. The molecule has 1 N–H and O–H groups in total. The molecule has 1 amide bonds. The standard InChI is InChI=1S/C29H27NO8/c1-16(2)38-19-8-5-17(6-9-19)26-25(27(31)21-11-10-20(34-3)14-23(21)35-4)28(32)29(33)30(26)18-7-12-22-24(13-18)37-15-36-22/h5-14,16,26,31H,15H2,1-4H3/b27-25+. The maximum atomic E-state index is 13.5. The minimum atomic E-state index is -0.935. The molecule has 5 rings (SSSR count). The molecule has 1 atom stereocenters. The fraction of sp³-hybridized carbons (Fsp3) is 0.241. The summed E-state index contributed by atoms with van der Waals surface area (Å²) in [5.74, 6) is 0.461. The number of aliphatic hydroxyl groups is 1. The number of anilines is 1. The maximum Gasteiger partial charge on any atom is 0.300 e. The number of benzene rings is 3. The number of fused-ring (bicyclic) bond motifs is 1. The minimum Gasteiger partial charge on any atom is -0.507 e. The third-order valence-corrected chi connectivity index (χ3v) is 6.31. The van der Waals surface area contributed by atoms with E-state index in [1.54, 1.807) is 60.7 Å². The van der Waals surface area contributed by atoms with Gasteiger partial charge >= 0.3 is 0 Å². The highest BCUT2D eigenvalue weighted by molar-refractivity contribution is 6.51. The van der Waals surface area contributed by atoms with Crippen LogP contribution in [0.1, 0.15) is 31.0 Å². The average molecular weight is 518 g/mol. The van der Waals surface area contributed by atoms with Crippen LogP contribution >= 0.6 is 0 Å². The Bertz CT molecular complexity index is 1430. The largest absolute Gasteiger partial charge is 0.507 e. The summed E-state index contributed by atoms with van der Waals surface area (Å²) in [6.45, 7) is 3.91. The zero-order chi connectivity index (χ0) is 27.0. The molecule has 0 aliphatic carbocycles. The molecule has 1 saturated heterocycles. The molecular formula is C29H27NO8. The van der Waals surface area contributed by atoms with Crippen LogP contribution in [0.4, 0.5) is 5.69 Å². The topological polar surface area (TPSA) is 104 Å². The van der Waals surface area contributed by atoms with Crippen molar-refractivity contribution in [1.82, 2.24) is 0 Å². The van der Waals surface area contributed by atoms with Gasteiger partial charge in [0.05, 0.1) is 37.5 Å². The van der Waals surface area contributed by atoms with E-state index in [9.17, 15) is 14.7 Å². The van der Waals surface area contributed by atoms with Crippen LogP contribution < -0.4 is 28.6 Å². The highest BCUT2D eigenvalue weighted by atomic mass is 16.7. The van der Waals surface area contributed by atoms with E-state index in [1.165, 1.54) is 19.1 Å². The molecule has 9 nitrogen and oxygen atoms in total. The molecule has 2 aliphatic heterocycles. The SMILES string of the molecule is COc1ccc(/C(O)=C2\C(=O)C(=O)N(c3ccc4c(c3)OCO4)C2c2ccc(OC(C)C)cc2)c(OC)c1. The first-order valence-electron chi connectivity index (χ1n) is 12.0. The van der Waals surface area contributed by atoms with E-state index in [-0.39, 0.29) is 35.5 Å². The van der Waals surface area contributed by atoms with Gasteiger partial charge in [0.15, 0.2) is 11.5 Å². The lowest BCUT2D eigenvalue weighted by Gasteiger charge is -2.26. The molecule has 2 heterocycles. The molecule has 1 unspecified atom stereocenters. The minimum absolute atomic E-state index is 0.0253. The van der Waals surface area contributed by atoms with Crippen molar-refractivity contribution in [3.63, 3.8) is 0 Å². The summed E-state index contributed by atoms with van der Waals surface area (Å²) in [6.07, 6.45) is -0.0253. The van der Waals surface area contributed by atoms with E-state index in [0.717, 1.165) is 0 Å². The zero-order valence-corrected chi connectivity index (χ0v) is 21.4. The van der Waals surface area contributed by atoms with Gasteiger partial charge in [-0.2, -0.15) is 0 Å². The normalized spacial score (nSPS) is 17.7. The maximum absolute atomic E-state index is 13.5. The number of ketones is 1. The number of hydrogen-bond acceptors (Lipinski definition) is 8. The first-order valence-corrected chi connectivity index (χ1v) is 12.0. The summed E-state index contributed by atoms with van der Waals surface area (Å²) in [5.41, 5.74) is 1.20.